The summed E-state index contributed by atoms with van der Waals surface area (Å²) < 4.78 is 25.1. The van der Waals surface area contributed by atoms with Crippen molar-refractivity contribution in [2.45, 2.75) is 23.4 Å². The minimum atomic E-state index is -3.04. The highest BCUT2D eigenvalue weighted by molar-refractivity contribution is 7.99. The first-order valence-corrected chi connectivity index (χ1v) is 16.3. The van der Waals surface area contributed by atoms with Gasteiger partial charge in [0.05, 0.1) is 24.0 Å². The molecular formula is C27H31N9O4S2. The van der Waals surface area contributed by atoms with E-state index >= 15 is 0 Å². The Morgan fingerprint density at radius 3 is 2.64 bits per heavy atom. The number of benzene rings is 1. The number of aromatic amines is 1. The van der Waals surface area contributed by atoms with Crippen LogP contribution in [0, 0.1) is 12.8 Å². The van der Waals surface area contributed by atoms with Crippen LogP contribution in [0.2, 0.25) is 0 Å². The van der Waals surface area contributed by atoms with E-state index in [4.69, 9.17) is 4.98 Å². The van der Waals surface area contributed by atoms with Gasteiger partial charge < -0.3 is 15.5 Å². The molecule has 4 aromatic rings. The quantitative estimate of drug-likeness (QED) is 0.270. The van der Waals surface area contributed by atoms with E-state index in [-0.39, 0.29) is 48.9 Å². The second kappa shape index (κ2) is 11.7. The molecule has 0 aliphatic carbocycles. The first-order chi connectivity index (χ1) is 20.2. The predicted molar refractivity (Wildman–Crippen MR) is 159 cm³/mol. The van der Waals surface area contributed by atoms with Crippen LogP contribution in [-0.4, -0.2) is 99.1 Å². The Hall–Kier alpha value is -3.95. The molecule has 0 saturated carbocycles. The number of amides is 2. The van der Waals surface area contributed by atoms with E-state index in [1.807, 2.05) is 60.5 Å². The number of nitrogens with one attached hydrogen (secondary N) is 3. The van der Waals surface area contributed by atoms with Crippen molar-refractivity contribution in [3.8, 4) is 0 Å². The number of anilines is 3. The number of rotatable bonds is 8. The van der Waals surface area contributed by atoms with Crippen molar-refractivity contribution in [1.29, 1.82) is 0 Å². The highest BCUT2D eigenvalue weighted by atomic mass is 32.2. The van der Waals surface area contributed by atoms with Crippen molar-refractivity contribution in [1.82, 2.24) is 34.6 Å². The number of aryl methyl sites for hydroxylation is 1. The fraction of sp³-hybridized carbons (Fsp3) is 0.370. The maximum atomic E-state index is 12.8. The number of carbonyl (C=O) groups excluding carboxylic acids is 2. The predicted octanol–water partition coefficient (Wildman–Crippen LogP) is 2.17. The van der Waals surface area contributed by atoms with Crippen LogP contribution in [0.3, 0.4) is 0 Å². The summed E-state index contributed by atoms with van der Waals surface area (Å²) in [5.41, 5.74) is 2.44. The molecule has 3 N–H and O–H groups in total. The van der Waals surface area contributed by atoms with Gasteiger partial charge in [0, 0.05) is 48.2 Å². The summed E-state index contributed by atoms with van der Waals surface area (Å²) in [5.74, 6) is 0.978. The molecule has 2 aliphatic heterocycles. The molecule has 0 bridgehead atoms. The highest BCUT2D eigenvalue weighted by Crippen LogP contribution is 2.29. The lowest BCUT2D eigenvalue weighted by Gasteiger charge is -2.29. The maximum absolute atomic E-state index is 12.8. The zero-order valence-electron chi connectivity index (χ0n) is 23.0. The molecule has 2 saturated heterocycles. The molecule has 13 nitrogen and oxygen atoms in total. The maximum Gasteiger partial charge on any atom is 0.238 e. The van der Waals surface area contributed by atoms with E-state index in [9.17, 15) is 18.0 Å². The Bertz CT molecular complexity index is 1700. The average Bonchev–Trinajstić information content (AvgIpc) is 3.71. The van der Waals surface area contributed by atoms with Gasteiger partial charge in [-0.25, -0.2) is 17.9 Å². The molecule has 2 amide bonds. The van der Waals surface area contributed by atoms with Crippen LogP contribution in [0.25, 0.3) is 5.52 Å². The monoisotopic (exact) mass is 609 g/mol. The summed E-state index contributed by atoms with van der Waals surface area (Å²) in [6.45, 7) is 3.76. The van der Waals surface area contributed by atoms with Crippen LogP contribution < -0.4 is 10.6 Å². The second-order valence-electron chi connectivity index (χ2n) is 10.5. The number of nitrogens with zero attached hydrogens (tertiary/aromatic N) is 6. The normalized spacial score (nSPS) is 18.8. The molecule has 3 aromatic heterocycles. The summed E-state index contributed by atoms with van der Waals surface area (Å²) in [6.07, 6.45) is 2.52. The minimum Gasteiger partial charge on any atom is -0.340 e. The number of carbonyl (C=O) groups is 2. The Kier molecular flexibility index (Phi) is 7.88. The topological polar surface area (TPSA) is 158 Å². The summed E-state index contributed by atoms with van der Waals surface area (Å²) in [4.78, 5) is 34.8. The molecule has 2 fully saturated rings. The number of sulfone groups is 1. The van der Waals surface area contributed by atoms with Crippen molar-refractivity contribution in [2.24, 2.45) is 5.92 Å². The standard InChI is InChI=1S/C27H31N9O4S2/c1-18-15-23(32-31-18)29-25-22-3-2-9-36(22)33-27(30-25)41-21-6-4-20(5-7-21)28-24(37)17-34-10-8-19(16-34)26(38)35-11-13-42(39,40)14-12-35/h2-7,9,15,19H,8,10-14,16-17H2,1H3,(H,28,37)(H2,29,30,31,32,33)/t19-/m1/s1. The second-order valence-corrected chi connectivity index (χ2v) is 13.9. The molecule has 220 valence electrons. The van der Waals surface area contributed by atoms with Crippen molar-refractivity contribution < 1.29 is 18.0 Å². The van der Waals surface area contributed by atoms with Crippen LogP contribution in [0.15, 0.2) is 58.7 Å². The highest BCUT2D eigenvalue weighted by Gasteiger charge is 2.34. The SMILES string of the molecule is Cc1cc(Nc2nc(Sc3ccc(NC(=O)CN4CC[C@@H](C(=O)N5CCS(=O)(=O)CC5)C4)cc3)nn3cccc23)n[nH]1. The number of fused-ring (bicyclic) bond motifs is 1. The van der Waals surface area contributed by atoms with Crippen LogP contribution in [0.4, 0.5) is 17.3 Å². The van der Waals surface area contributed by atoms with E-state index in [2.05, 4.69) is 25.9 Å². The lowest BCUT2D eigenvalue weighted by atomic mass is 10.1. The first-order valence-electron chi connectivity index (χ1n) is 13.6. The largest absolute Gasteiger partial charge is 0.340 e. The molecule has 0 unspecified atom stereocenters. The van der Waals surface area contributed by atoms with Gasteiger partial charge in [0.1, 0.15) is 5.52 Å². The van der Waals surface area contributed by atoms with Gasteiger partial charge in [-0.2, -0.15) is 5.10 Å². The molecule has 15 heteroatoms. The van der Waals surface area contributed by atoms with Crippen molar-refractivity contribution >= 4 is 56.3 Å². The Morgan fingerprint density at radius 1 is 1.12 bits per heavy atom. The fourth-order valence-electron chi connectivity index (χ4n) is 5.14. The summed E-state index contributed by atoms with van der Waals surface area (Å²) in [5, 5.41) is 18.5. The summed E-state index contributed by atoms with van der Waals surface area (Å²) in [7, 11) is -3.04. The van der Waals surface area contributed by atoms with Crippen LogP contribution >= 0.6 is 11.8 Å². The lowest BCUT2D eigenvalue weighted by Crippen LogP contribution is -2.46. The van der Waals surface area contributed by atoms with Gasteiger partial charge in [-0.05, 0) is 68.0 Å². The summed E-state index contributed by atoms with van der Waals surface area (Å²) >= 11 is 1.40. The molecule has 5 heterocycles. The van der Waals surface area contributed by atoms with Gasteiger partial charge in [0.15, 0.2) is 21.5 Å². The molecule has 1 atom stereocenters. The first kappa shape index (κ1) is 28.2. The number of likely N-dealkylation sites (tertiary alicyclic amines) is 1. The Balaban J connectivity index is 1.02. The summed E-state index contributed by atoms with van der Waals surface area (Å²) in [6, 6.07) is 13.2. The van der Waals surface area contributed by atoms with Crippen LogP contribution in [-0.2, 0) is 19.4 Å². The van der Waals surface area contributed by atoms with E-state index in [1.165, 1.54) is 11.8 Å². The smallest absolute Gasteiger partial charge is 0.238 e. The van der Waals surface area contributed by atoms with Crippen LogP contribution in [0.1, 0.15) is 12.1 Å². The lowest BCUT2D eigenvalue weighted by molar-refractivity contribution is -0.135. The van der Waals surface area contributed by atoms with Gasteiger partial charge in [0.25, 0.3) is 0 Å². The number of hydrogen-bond acceptors (Lipinski definition) is 10. The van der Waals surface area contributed by atoms with E-state index in [0.29, 0.717) is 42.0 Å². The third-order valence-electron chi connectivity index (χ3n) is 7.32. The molecular weight excluding hydrogens is 578 g/mol. The Morgan fingerprint density at radius 2 is 1.90 bits per heavy atom. The van der Waals surface area contributed by atoms with E-state index in [0.717, 1.165) is 16.1 Å². The fourth-order valence-corrected chi connectivity index (χ4v) is 7.09. The van der Waals surface area contributed by atoms with Gasteiger partial charge in [-0.15, -0.1) is 5.10 Å². The van der Waals surface area contributed by atoms with E-state index < -0.39 is 9.84 Å². The zero-order chi connectivity index (χ0) is 29.3. The molecule has 1 aromatic carbocycles. The molecule has 2 aliphatic rings. The van der Waals surface area contributed by atoms with Gasteiger partial charge in [0.2, 0.25) is 17.0 Å². The number of aromatic nitrogens is 5. The molecule has 0 radical (unpaired) electrons. The molecule has 6 rings (SSSR count). The molecule has 0 spiro atoms. The van der Waals surface area contributed by atoms with Crippen molar-refractivity contribution in [3.05, 3.63) is 54.4 Å². The van der Waals surface area contributed by atoms with E-state index in [1.54, 1.807) is 9.42 Å². The van der Waals surface area contributed by atoms with Crippen molar-refractivity contribution in [2.75, 3.05) is 54.9 Å². The van der Waals surface area contributed by atoms with Crippen LogP contribution in [0.5, 0.6) is 0 Å². The number of H-pyrrole nitrogens is 1. The minimum absolute atomic E-state index is 0.0139. The third-order valence-corrected chi connectivity index (χ3v) is 9.79. The zero-order valence-corrected chi connectivity index (χ0v) is 24.6. The molecule has 42 heavy (non-hydrogen) atoms. The van der Waals surface area contributed by atoms with Crippen molar-refractivity contribution in [3.63, 3.8) is 0 Å². The number of hydrogen-bond donors (Lipinski definition) is 3. The van der Waals surface area contributed by atoms with Gasteiger partial charge >= 0.3 is 0 Å². The Labute approximate surface area is 247 Å². The third kappa shape index (κ3) is 6.58. The van der Waals surface area contributed by atoms with Gasteiger partial charge in [-0.1, -0.05) is 0 Å². The van der Waals surface area contributed by atoms with Gasteiger partial charge in [-0.3, -0.25) is 19.6 Å². The average molecular weight is 610 g/mol.